The van der Waals surface area contributed by atoms with Gasteiger partial charge in [-0.3, -0.25) is 4.63 Å². The summed E-state index contributed by atoms with van der Waals surface area (Å²) >= 11 is 0. The Morgan fingerprint density at radius 1 is 1.12 bits per heavy atom. The Bertz CT molecular complexity index is 722. The Morgan fingerprint density at radius 3 is 1.96 bits per heavy atom. The third-order valence-corrected chi connectivity index (χ3v) is 3.88. The molecule has 9 heteroatoms. The average molecular weight is 351 g/mol. The fraction of sp³-hybridized carbons (Fsp3) is 0.500. The summed E-state index contributed by atoms with van der Waals surface area (Å²) in [4.78, 5) is 25.2. The summed E-state index contributed by atoms with van der Waals surface area (Å²) in [6, 6.07) is 0. The van der Waals surface area contributed by atoms with E-state index in [2.05, 4.69) is 15.1 Å². The van der Waals surface area contributed by atoms with Crippen LogP contribution in [0, 0.1) is 12.1 Å². The van der Waals surface area contributed by atoms with E-state index in [9.17, 15) is 14.8 Å². The topological polar surface area (TPSA) is 118 Å². The standard InChI is InChI=1S/C16H21N3O6/c1-6-23-15(20)11-8(3)17-9(4)12(16(21)24-7-2)13(11)14-10(5)19(22)25-18-14/h13,17H,6-7H2,1-5H3. The molecule has 1 aliphatic heterocycles. The molecule has 0 fully saturated rings. The van der Waals surface area contributed by atoms with Crippen LogP contribution in [0.4, 0.5) is 0 Å². The van der Waals surface area contributed by atoms with E-state index >= 15 is 0 Å². The lowest BCUT2D eigenvalue weighted by atomic mass is 9.82. The van der Waals surface area contributed by atoms with Crippen molar-refractivity contribution in [1.29, 1.82) is 0 Å². The normalized spacial score (nSPS) is 15.2. The molecule has 1 aromatic heterocycles. The van der Waals surface area contributed by atoms with Crippen LogP contribution in [-0.2, 0) is 19.1 Å². The van der Waals surface area contributed by atoms with Gasteiger partial charge in [0.25, 0.3) is 0 Å². The van der Waals surface area contributed by atoms with E-state index < -0.39 is 17.9 Å². The minimum Gasteiger partial charge on any atom is -0.463 e. The highest BCUT2D eigenvalue weighted by atomic mass is 16.8. The second-order valence-electron chi connectivity index (χ2n) is 5.48. The first-order chi connectivity index (χ1) is 11.8. The second-order valence-corrected chi connectivity index (χ2v) is 5.48. The number of esters is 2. The van der Waals surface area contributed by atoms with Crippen molar-refractivity contribution in [2.45, 2.75) is 40.5 Å². The lowest BCUT2D eigenvalue weighted by Gasteiger charge is -2.27. The van der Waals surface area contributed by atoms with Crippen molar-refractivity contribution < 1.29 is 28.6 Å². The molecule has 0 aliphatic carbocycles. The molecule has 0 radical (unpaired) electrons. The monoisotopic (exact) mass is 351 g/mol. The number of rotatable bonds is 5. The van der Waals surface area contributed by atoms with Crippen LogP contribution in [0.2, 0.25) is 0 Å². The summed E-state index contributed by atoms with van der Waals surface area (Å²) < 4.78 is 14.9. The minimum atomic E-state index is -0.918. The highest BCUT2D eigenvalue weighted by molar-refractivity contribution is 5.99. The lowest BCUT2D eigenvalue weighted by Crippen LogP contribution is -2.34. The first-order valence-electron chi connectivity index (χ1n) is 7.92. The summed E-state index contributed by atoms with van der Waals surface area (Å²) in [5, 5.41) is 18.4. The molecule has 9 nitrogen and oxygen atoms in total. The van der Waals surface area contributed by atoms with Crippen LogP contribution >= 0.6 is 0 Å². The predicted octanol–water partition coefficient (Wildman–Crippen LogP) is 0.977. The molecular formula is C16H21N3O6. The Kier molecular flexibility index (Phi) is 5.45. The van der Waals surface area contributed by atoms with Crippen molar-refractivity contribution in [3.8, 4) is 0 Å². The van der Waals surface area contributed by atoms with Crippen molar-refractivity contribution >= 4 is 11.9 Å². The zero-order valence-corrected chi connectivity index (χ0v) is 14.8. The Morgan fingerprint density at radius 2 is 1.60 bits per heavy atom. The van der Waals surface area contributed by atoms with Gasteiger partial charge in [0.05, 0.1) is 30.3 Å². The Labute approximate surface area is 144 Å². The SMILES string of the molecule is CCOC(=O)C1=C(C)NC(C)=C(C(=O)OCC)C1c1no[n+]([O-])c1C. The van der Waals surface area contributed by atoms with Gasteiger partial charge in [0.15, 0.2) is 5.69 Å². The van der Waals surface area contributed by atoms with Crippen LogP contribution in [0.1, 0.15) is 45.0 Å². The maximum Gasteiger partial charge on any atom is 0.336 e. The number of hydrogen-bond donors (Lipinski definition) is 1. The van der Waals surface area contributed by atoms with Crippen LogP contribution < -0.4 is 10.2 Å². The zero-order chi connectivity index (χ0) is 18.7. The van der Waals surface area contributed by atoms with Gasteiger partial charge in [0, 0.05) is 23.5 Å². The van der Waals surface area contributed by atoms with Gasteiger partial charge in [0.2, 0.25) is 5.69 Å². The molecule has 0 bridgehead atoms. The number of allylic oxidation sites excluding steroid dienone is 2. The summed E-state index contributed by atoms with van der Waals surface area (Å²) in [5.74, 6) is -2.13. The van der Waals surface area contributed by atoms with E-state index in [4.69, 9.17) is 9.47 Å². The molecule has 1 aromatic rings. The number of carbonyl (C=O) groups is 2. The maximum atomic E-state index is 12.5. The minimum absolute atomic E-state index is 0.149. The van der Waals surface area contributed by atoms with Crippen LogP contribution in [0.5, 0.6) is 0 Å². The first kappa shape index (κ1) is 18.5. The largest absolute Gasteiger partial charge is 0.463 e. The van der Waals surface area contributed by atoms with Crippen molar-refractivity contribution in [3.63, 3.8) is 0 Å². The smallest absolute Gasteiger partial charge is 0.336 e. The molecule has 1 N–H and O–H groups in total. The van der Waals surface area contributed by atoms with Gasteiger partial charge in [-0.2, -0.15) is 0 Å². The number of hydrogen-bond acceptors (Lipinski definition) is 8. The molecule has 0 unspecified atom stereocenters. The van der Waals surface area contributed by atoms with Crippen LogP contribution in [0.25, 0.3) is 0 Å². The third kappa shape index (κ3) is 3.35. The molecule has 0 amide bonds. The number of nitrogens with one attached hydrogen (secondary N) is 1. The molecule has 136 valence electrons. The molecule has 2 heterocycles. The summed E-state index contributed by atoms with van der Waals surface area (Å²) in [7, 11) is 0. The molecule has 0 aromatic carbocycles. The predicted molar refractivity (Wildman–Crippen MR) is 84.7 cm³/mol. The van der Waals surface area contributed by atoms with Crippen LogP contribution in [0.15, 0.2) is 27.2 Å². The van der Waals surface area contributed by atoms with Gasteiger partial charge >= 0.3 is 11.9 Å². The van der Waals surface area contributed by atoms with Crippen molar-refractivity contribution in [2.75, 3.05) is 13.2 Å². The van der Waals surface area contributed by atoms with E-state index in [1.165, 1.54) is 6.92 Å². The van der Waals surface area contributed by atoms with Gasteiger partial charge in [-0.05, 0) is 32.6 Å². The first-order valence-corrected chi connectivity index (χ1v) is 7.92. The van der Waals surface area contributed by atoms with E-state index in [0.29, 0.717) is 11.4 Å². The van der Waals surface area contributed by atoms with E-state index in [1.807, 2.05) is 0 Å². The molecular weight excluding hydrogens is 330 g/mol. The molecule has 1 aliphatic rings. The number of carbonyl (C=O) groups excluding carboxylic acids is 2. The Hall–Kier alpha value is -2.84. The summed E-state index contributed by atoms with van der Waals surface area (Å²) in [6.07, 6.45) is 0. The zero-order valence-electron chi connectivity index (χ0n) is 14.8. The van der Waals surface area contributed by atoms with Gasteiger partial charge in [0.1, 0.15) is 0 Å². The number of dihydropyridines is 1. The second kappa shape index (κ2) is 7.37. The Balaban J connectivity index is 2.66. The summed E-state index contributed by atoms with van der Waals surface area (Å²) in [5.41, 5.74) is 1.71. The maximum absolute atomic E-state index is 12.5. The van der Waals surface area contributed by atoms with Gasteiger partial charge < -0.3 is 20.0 Å². The van der Waals surface area contributed by atoms with E-state index in [-0.39, 0.29) is 40.7 Å². The van der Waals surface area contributed by atoms with E-state index in [0.717, 1.165) is 0 Å². The van der Waals surface area contributed by atoms with Gasteiger partial charge in [-0.25, -0.2) is 9.59 Å². The molecule has 2 rings (SSSR count). The fourth-order valence-electron chi connectivity index (χ4n) is 2.79. The van der Waals surface area contributed by atoms with E-state index in [1.54, 1.807) is 27.7 Å². The van der Waals surface area contributed by atoms with Crippen LogP contribution in [-0.4, -0.2) is 30.3 Å². The fourth-order valence-corrected chi connectivity index (χ4v) is 2.79. The molecule has 0 saturated heterocycles. The summed E-state index contributed by atoms with van der Waals surface area (Å²) in [6.45, 7) is 8.56. The molecule has 0 saturated carbocycles. The average Bonchev–Trinajstić information content (AvgIpc) is 2.86. The number of aromatic nitrogens is 2. The van der Waals surface area contributed by atoms with Gasteiger partial charge in [-0.15, -0.1) is 0 Å². The highest BCUT2D eigenvalue weighted by Crippen LogP contribution is 2.39. The van der Waals surface area contributed by atoms with Crippen molar-refractivity contribution in [1.82, 2.24) is 10.5 Å². The van der Waals surface area contributed by atoms with Crippen LogP contribution in [0.3, 0.4) is 0 Å². The number of ether oxygens (including phenoxy) is 2. The highest BCUT2D eigenvalue weighted by Gasteiger charge is 2.43. The molecule has 25 heavy (non-hydrogen) atoms. The number of nitrogens with zero attached hydrogens (tertiary/aromatic N) is 2. The van der Waals surface area contributed by atoms with Crippen molar-refractivity contribution in [3.05, 3.63) is 39.1 Å². The molecule has 0 spiro atoms. The quantitative estimate of drug-likeness (QED) is 0.616. The third-order valence-electron chi connectivity index (χ3n) is 3.88. The molecule has 0 atom stereocenters. The van der Waals surface area contributed by atoms with Crippen molar-refractivity contribution in [2.24, 2.45) is 0 Å². The lowest BCUT2D eigenvalue weighted by molar-refractivity contribution is -0.806. The van der Waals surface area contributed by atoms with Gasteiger partial charge in [-0.1, -0.05) is 0 Å².